The summed E-state index contributed by atoms with van der Waals surface area (Å²) in [6, 6.07) is 17.5. The molecule has 3 nitrogen and oxygen atoms in total. The first-order valence-corrected chi connectivity index (χ1v) is 14.5. The summed E-state index contributed by atoms with van der Waals surface area (Å²) >= 11 is 0. The summed E-state index contributed by atoms with van der Waals surface area (Å²) in [7, 11) is 0. The molecule has 0 aliphatic carbocycles. The van der Waals surface area contributed by atoms with E-state index in [0.29, 0.717) is 35.5 Å². The van der Waals surface area contributed by atoms with Gasteiger partial charge in [-0.3, -0.25) is 0 Å². The standard InChI is InChI=1S/3C12H18O.Nd/c3*1-8(2)10-6-5-7-11(9(3)4)12(10)13;/h3*5-9,13H,1-4H3;/q;;;+3/p-3. The van der Waals surface area contributed by atoms with Crippen LogP contribution in [0, 0.1) is 40.8 Å². The van der Waals surface area contributed by atoms with Crippen LogP contribution in [0.2, 0.25) is 0 Å². The maximum absolute atomic E-state index is 11.9. The van der Waals surface area contributed by atoms with Gasteiger partial charge in [0, 0.05) is 0 Å². The van der Waals surface area contributed by atoms with Crippen LogP contribution in [0.25, 0.3) is 0 Å². The molecule has 0 heterocycles. The molecule has 0 aliphatic rings. The van der Waals surface area contributed by atoms with Crippen molar-refractivity contribution in [3.8, 4) is 17.2 Å². The number of hydrogen-bond acceptors (Lipinski definition) is 3. The summed E-state index contributed by atoms with van der Waals surface area (Å²) in [5, 5.41) is 35.6. The molecule has 0 aromatic heterocycles. The fourth-order valence-corrected chi connectivity index (χ4v) is 4.45. The van der Waals surface area contributed by atoms with E-state index in [4.69, 9.17) is 0 Å². The third kappa shape index (κ3) is 11.0. The summed E-state index contributed by atoms with van der Waals surface area (Å²) in [5.41, 5.74) is 5.62. The SMILES string of the molecule is CC(C)c1cccc(C(C)C)c1[O-].CC(C)c1cccc(C(C)C)c1[O-].CC(C)c1cccc(C(C)C)c1[O-].[Nd+3]. The second-order valence-electron chi connectivity index (χ2n) is 12.2. The van der Waals surface area contributed by atoms with Gasteiger partial charge < -0.3 is 15.3 Å². The minimum absolute atomic E-state index is 0. The van der Waals surface area contributed by atoms with Gasteiger partial charge in [0.25, 0.3) is 0 Å². The molecular weight excluding hydrogens is 625 g/mol. The second-order valence-corrected chi connectivity index (χ2v) is 12.2. The Labute approximate surface area is 278 Å². The first-order valence-electron chi connectivity index (χ1n) is 14.5. The van der Waals surface area contributed by atoms with Crippen LogP contribution in [0.4, 0.5) is 0 Å². The van der Waals surface area contributed by atoms with Crippen molar-refractivity contribution in [1.29, 1.82) is 0 Å². The third-order valence-electron chi connectivity index (χ3n) is 6.96. The Morgan fingerprint density at radius 3 is 0.550 bits per heavy atom. The fourth-order valence-electron chi connectivity index (χ4n) is 4.45. The van der Waals surface area contributed by atoms with E-state index in [-0.39, 0.29) is 58.1 Å². The third-order valence-corrected chi connectivity index (χ3v) is 6.96. The van der Waals surface area contributed by atoms with Gasteiger partial charge in [-0.1, -0.05) is 171 Å². The topological polar surface area (TPSA) is 69.2 Å². The van der Waals surface area contributed by atoms with E-state index < -0.39 is 0 Å². The molecule has 1 radical (unpaired) electrons. The molecule has 0 saturated heterocycles. The van der Waals surface area contributed by atoms with Crippen molar-refractivity contribution in [1.82, 2.24) is 0 Å². The van der Waals surface area contributed by atoms with Crippen LogP contribution in [0.15, 0.2) is 54.6 Å². The van der Waals surface area contributed by atoms with Crippen molar-refractivity contribution < 1.29 is 56.2 Å². The van der Waals surface area contributed by atoms with Gasteiger partial charge in [-0.05, 0) is 35.5 Å². The summed E-state index contributed by atoms with van der Waals surface area (Å²) in [4.78, 5) is 0. The Bertz CT molecular complexity index is 936. The average molecular weight is 676 g/mol. The Morgan fingerprint density at radius 1 is 0.325 bits per heavy atom. The zero-order valence-corrected chi connectivity index (χ0v) is 30.1. The maximum atomic E-state index is 11.9. The van der Waals surface area contributed by atoms with Crippen molar-refractivity contribution in [2.24, 2.45) is 0 Å². The Morgan fingerprint density at radius 2 is 0.450 bits per heavy atom. The molecule has 217 valence electrons. The van der Waals surface area contributed by atoms with Crippen LogP contribution in [0.1, 0.15) is 152 Å². The molecule has 0 aliphatic heterocycles. The van der Waals surface area contributed by atoms with Crippen LogP contribution in [0.5, 0.6) is 17.2 Å². The zero-order chi connectivity index (χ0) is 30.0. The molecule has 0 N–H and O–H groups in total. The monoisotopic (exact) mass is 673 g/mol. The van der Waals surface area contributed by atoms with Crippen LogP contribution in [-0.4, -0.2) is 0 Å². The summed E-state index contributed by atoms with van der Waals surface area (Å²) < 4.78 is 0. The summed E-state index contributed by atoms with van der Waals surface area (Å²) in [6.45, 7) is 24.7. The molecular formula is C36H51NdO3. The van der Waals surface area contributed by atoms with Crippen molar-refractivity contribution in [2.45, 2.75) is 119 Å². The van der Waals surface area contributed by atoms with Crippen molar-refractivity contribution in [3.63, 3.8) is 0 Å². The molecule has 0 bridgehead atoms. The first kappa shape index (κ1) is 38.4. The van der Waals surface area contributed by atoms with Gasteiger partial charge in [0.2, 0.25) is 0 Å². The van der Waals surface area contributed by atoms with E-state index in [0.717, 1.165) is 33.4 Å². The molecule has 3 rings (SSSR count). The fraction of sp³-hybridized carbons (Fsp3) is 0.500. The van der Waals surface area contributed by atoms with Gasteiger partial charge in [0.1, 0.15) is 0 Å². The summed E-state index contributed by atoms with van der Waals surface area (Å²) in [6.07, 6.45) is 0. The molecule has 0 unspecified atom stereocenters. The smallest absolute Gasteiger partial charge is 0.872 e. The Hall–Kier alpha value is -1.59. The molecule has 0 fully saturated rings. The second kappa shape index (κ2) is 18.1. The van der Waals surface area contributed by atoms with E-state index in [1.807, 2.05) is 54.6 Å². The van der Waals surface area contributed by atoms with Gasteiger partial charge >= 0.3 is 40.8 Å². The van der Waals surface area contributed by atoms with Gasteiger partial charge in [0.05, 0.1) is 0 Å². The van der Waals surface area contributed by atoms with Gasteiger partial charge in [-0.2, -0.15) is 0 Å². The largest absolute Gasteiger partial charge is 3.00 e. The van der Waals surface area contributed by atoms with E-state index in [1.165, 1.54) is 0 Å². The van der Waals surface area contributed by atoms with Gasteiger partial charge in [0.15, 0.2) is 0 Å². The number of benzene rings is 3. The van der Waals surface area contributed by atoms with Crippen molar-refractivity contribution >= 4 is 0 Å². The minimum atomic E-state index is 0. The Balaban J connectivity index is 0.000000563. The quantitative estimate of drug-likeness (QED) is 0.262. The minimum Gasteiger partial charge on any atom is -0.872 e. The molecule has 0 atom stereocenters. The van der Waals surface area contributed by atoms with Gasteiger partial charge in [-0.15, -0.1) is 17.2 Å². The molecule has 3 aromatic rings. The molecule has 0 saturated carbocycles. The zero-order valence-electron chi connectivity index (χ0n) is 26.9. The van der Waals surface area contributed by atoms with Gasteiger partial charge in [-0.25, -0.2) is 0 Å². The molecule has 0 spiro atoms. The van der Waals surface area contributed by atoms with Crippen LogP contribution < -0.4 is 15.3 Å². The average Bonchev–Trinajstić information content (AvgIpc) is 2.84. The van der Waals surface area contributed by atoms with Crippen LogP contribution in [0.3, 0.4) is 0 Å². The van der Waals surface area contributed by atoms with E-state index in [2.05, 4.69) is 83.1 Å². The normalized spacial score (nSPS) is 10.9. The summed E-state index contributed by atoms with van der Waals surface area (Å²) in [5.74, 6) is 2.64. The molecule has 40 heavy (non-hydrogen) atoms. The van der Waals surface area contributed by atoms with Crippen molar-refractivity contribution in [2.75, 3.05) is 0 Å². The van der Waals surface area contributed by atoms with E-state index >= 15 is 0 Å². The van der Waals surface area contributed by atoms with E-state index in [1.54, 1.807) is 0 Å². The number of para-hydroxylation sites is 3. The van der Waals surface area contributed by atoms with Crippen LogP contribution >= 0.6 is 0 Å². The predicted octanol–water partition coefficient (Wildman–Crippen LogP) is 9.02. The number of hydrogen-bond donors (Lipinski definition) is 0. The molecule has 0 amide bonds. The Kier molecular flexibility index (Phi) is 17.3. The van der Waals surface area contributed by atoms with E-state index in [9.17, 15) is 15.3 Å². The van der Waals surface area contributed by atoms with Crippen molar-refractivity contribution in [3.05, 3.63) is 88.0 Å². The molecule has 4 heteroatoms. The predicted molar refractivity (Wildman–Crippen MR) is 162 cm³/mol. The first-order chi connectivity index (χ1) is 18.1. The maximum Gasteiger partial charge on any atom is 3.00 e. The number of rotatable bonds is 6. The van der Waals surface area contributed by atoms with Crippen LogP contribution in [-0.2, 0) is 0 Å². The molecule has 3 aromatic carbocycles.